The Morgan fingerprint density at radius 1 is 0.250 bits per heavy atom. The summed E-state index contributed by atoms with van der Waals surface area (Å²) in [6.07, 6.45) is 0. The van der Waals surface area contributed by atoms with Crippen molar-refractivity contribution in [1.82, 2.24) is 24.1 Å². The van der Waals surface area contributed by atoms with E-state index in [4.69, 9.17) is 15.0 Å². The van der Waals surface area contributed by atoms with E-state index in [9.17, 15) is 0 Å². The maximum Gasteiger partial charge on any atom is 0.238 e. The van der Waals surface area contributed by atoms with Gasteiger partial charge in [-0.25, -0.2) is 4.98 Å². The summed E-state index contributed by atoms with van der Waals surface area (Å²) in [5, 5.41) is 9.82. The van der Waals surface area contributed by atoms with E-state index in [0.717, 1.165) is 49.7 Å². The molecule has 0 amide bonds. The molecule has 0 bridgehead atoms. The third-order valence-corrected chi connectivity index (χ3v) is 12.8. The second-order valence-corrected chi connectivity index (χ2v) is 16.5. The van der Waals surface area contributed by atoms with Gasteiger partial charge in [0.05, 0.1) is 22.1 Å². The summed E-state index contributed by atoms with van der Waals surface area (Å²) in [5.41, 5.74) is 12.2. The molecule has 298 valence electrons. The van der Waals surface area contributed by atoms with Crippen LogP contribution >= 0.6 is 0 Å². The highest BCUT2D eigenvalue weighted by Crippen LogP contribution is 2.39. The van der Waals surface area contributed by atoms with E-state index in [2.05, 4.69) is 173 Å². The quantitative estimate of drug-likeness (QED) is 0.157. The molecular weight excluding hydrogens is 779 g/mol. The van der Waals surface area contributed by atoms with E-state index < -0.39 is 0 Å². The number of fused-ring (bicyclic) bond motifs is 9. The van der Waals surface area contributed by atoms with Crippen LogP contribution in [0.3, 0.4) is 0 Å². The zero-order chi connectivity index (χ0) is 42.1. The van der Waals surface area contributed by atoms with Gasteiger partial charge in [-0.2, -0.15) is 9.97 Å². The van der Waals surface area contributed by atoms with Crippen molar-refractivity contribution in [2.24, 2.45) is 0 Å². The summed E-state index contributed by atoms with van der Waals surface area (Å²) in [6, 6.07) is 80.1. The summed E-state index contributed by atoms with van der Waals surface area (Å²) in [6.45, 7) is 0. The van der Waals surface area contributed by atoms with Crippen LogP contribution in [0.15, 0.2) is 224 Å². The number of aromatic nitrogens is 5. The minimum Gasteiger partial charge on any atom is -0.309 e. The van der Waals surface area contributed by atoms with Crippen LogP contribution in [0.4, 0.5) is 0 Å². The molecule has 64 heavy (non-hydrogen) atoms. The van der Waals surface area contributed by atoms with Gasteiger partial charge in [-0.1, -0.05) is 176 Å². The summed E-state index contributed by atoms with van der Waals surface area (Å²) in [5.74, 6) is 1.86. The molecule has 0 unspecified atom stereocenters. The van der Waals surface area contributed by atoms with Gasteiger partial charge in [0.1, 0.15) is 0 Å². The Balaban J connectivity index is 0.879. The molecule has 0 aliphatic heterocycles. The molecule has 13 rings (SSSR count). The number of rotatable bonds is 6. The molecule has 0 atom stereocenters. The third kappa shape index (κ3) is 5.83. The van der Waals surface area contributed by atoms with Gasteiger partial charge in [-0.15, -0.1) is 0 Å². The molecule has 3 aromatic heterocycles. The molecule has 0 aliphatic rings. The first-order valence-electron chi connectivity index (χ1n) is 21.7. The lowest BCUT2D eigenvalue weighted by molar-refractivity contribution is 0.953. The lowest BCUT2D eigenvalue weighted by atomic mass is 9.98. The molecule has 0 saturated heterocycles. The normalized spacial score (nSPS) is 11.8. The van der Waals surface area contributed by atoms with Gasteiger partial charge in [0.25, 0.3) is 0 Å². The van der Waals surface area contributed by atoms with Gasteiger partial charge >= 0.3 is 0 Å². The van der Waals surface area contributed by atoms with Gasteiger partial charge < -0.3 is 4.57 Å². The van der Waals surface area contributed by atoms with Crippen LogP contribution in [0.2, 0.25) is 0 Å². The Morgan fingerprint density at radius 3 is 1.31 bits per heavy atom. The van der Waals surface area contributed by atoms with Gasteiger partial charge in [-0.05, 0) is 92.3 Å². The van der Waals surface area contributed by atoms with Crippen molar-refractivity contribution in [3.63, 3.8) is 0 Å². The maximum atomic E-state index is 5.10. The van der Waals surface area contributed by atoms with Crippen molar-refractivity contribution < 1.29 is 0 Å². The molecule has 10 aromatic carbocycles. The lowest BCUT2D eigenvalue weighted by Crippen LogP contribution is -2.06. The minimum absolute atomic E-state index is 0.585. The highest BCUT2D eigenvalue weighted by Gasteiger charge is 2.19. The van der Waals surface area contributed by atoms with E-state index in [1.165, 1.54) is 54.5 Å². The summed E-state index contributed by atoms with van der Waals surface area (Å²) >= 11 is 0. The second-order valence-electron chi connectivity index (χ2n) is 16.5. The fourth-order valence-corrected chi connectivity index (χ4v) is 9.69. The first-order chi connectivity index (χ1) is 31.7. The molecule has 0 radical (unpaired) electrons. The van der Waals surface area contributed by atoms with Crippen molar-refractivity contribution in [2.45, 2.75) is 0 Å². The molecule has 0 aliphatic carbocycles. The molecule has 0 fully saturated rings. The smallest absolute Gasteiger partial charge is 0.238 e. The van der Waals surface area contributed by atoms with Crippen LogP contribution in [0.1, 0.15) is 0 Å². The third-order valence-electron chi connectivity index (χ3n) is 12.8. The van der Waals surface area contributed by atoms with E-state index in [1.807, 2.05) is 60.7 Å². The number of para-hydroxylation sites is 2. The SMILES string of the molecule is c1ccc(-c2nc(-c3ccccc3)nc(-n3c4ccccc4c4cc(-c5ccc(-c6ccc7c(c6)c6ccccc6n7-c6ccc7c(ccc8ccccc87)c6)cc5)ccc43)n2)cc1. The highest BCUT2D eigenvalue weighted by molar-refractivity contribution is 6.13. The second kappa shape index (κ2) is 14.5. The van der Waals surface area contributed by atoms with E-state index in [1.54, 1.807) is 0 Å². The molecule has 5 heteroatoms. The number of hydrogen-bond donors (Lipinski definition) is 0. The molecule has 5 nitrogen and oxygen atoms in total. The largest absolute Gasteiger partial charge is 0.309 e. The average Bonchev–Trinajstić information content (AvgIpc) is 3.89. The molecule has 0 spiro atoms. The van der Waals surface area contributed by atoms with Crippen molar-refractivity contribution in [1.29, 1.82) is 0 Å². The van der Waals surface area contributed by atoms with E-state index in [-0.39, 0.29) is 0 Å². The standard InChI is InChI=1S/C59H37N5/c1-3-14-41(15-4-1)57-60-58(42-16-5-2-6-17-42)62-59(61-57)64-54-22-12-10-20-50(54)52-37-44(30-34-56(52)64)39-25-23-38(24-26-39)43-29-33-55-51(36-43)49-19-9-11-21-53(49)63(55)46-31-32-48-45(35-46)28-27-40-13-7-8-18-47(40)48/h1-37H. The van der Waals surface area contributed by atoms with Crippen LogP contribution in [0.25, 0.3) is 122 Å². The van der Waals surface area contributed by atoms with Crippen molar-refractivity contribution in [3.8, 4) is 56.7 Å². The maximum absolute atomic E-state index is 5.10. The van der Waals surface area contributed by atoms with Crippen LogP contribution in [-0.2, 0) is 0 Å². The molecule has 3 heterocycles. The zero-order valence-electron chi connectivity index (χ0n) is 34.6. The topological polar surface area (TPSA) is 48.5 Å². The van der Waals surface area contributed by atoms with Gasteiger partial charge in [-0.3, -0.25) is 4.57 Å². The Kier molecular flexibility index (Phi) is 8.15. The van der Waals surface area contributed by atoms with Gasteiger partial charge in [0, 0.05) is 38.4 Å². The van der Waals surface area contributed by atoms with Crippen LogP contribution in [-0.4, -0.2) is 24.1 Å². The average molecular weight is 816 g/mol. The summed E-state index contributed by atoms with van der Waals surface area (Å²) < 4.78 is 4.58. The van der Waals surface area contributed by atoms with E-state index >= 15 is 0 Å². The molecule has 13 aromatic rings. The van der Waals surface area contributed by atoms with Crippen LogP contribution in [0, 0.1) is 0 Å². The Bertz CT molecular complexity index is 3880. The zero-order valence-corrected chi connectivity index (χ0v) is 34.6. The van der Waals surface area contributed by atoms with E-state index in [0.29, 0.717) is 17.6 Å². The fraction of sp³-hybridized carbons (Fsp3) is 0. The predicted octanol–water partition coefficient (Wildman–Crippen LogP) is 15.0. The number of benzene rings is 10. The molecule has 0 saturated carbocycles. The highest BCUT2D eigenvalue weighted by atomic mass is 15.2. The molecule has 0 N–H and O–H groups in total. The van der Waals surface area contributed by atoms with Gasteiger partial charge in [0.2, 0.25) is 5.95 Å². The summed E-state index contributed by atoms with van der Waals surface area (Å²) in [4.78, 5) is 15.2. The minimum atomic E-state index is 0.585. The van der Waals surface area contributed by atoms with Crippen molar-refractivity contribution in [3.05, 3.63) is 224 Å². The number of nitrogens with zero attached hydrogens (tertiary/aromatic N) is 5. The summed E-state index contributed by atoms with van der Waals surface area (Å²) in [7, 11) is 0. The Hall–Kier alpha value is -8.67. The van der Waals surface area contributed by atoms with Crippen molar-refractivity contribution in [2.75, 3.05) is 0 Å². The monoisotopic (exact) mass is 815 g/mol. The van der Waals surface area contributed by atoms with Crippen LogP contribution in [0.5, 0.6) is 0 Å². The predicted molar refractivity (Wildman–Crippen MR) is 265 cm³/mol. The first-order valence-corrected chi connectivity index (χ1v) is 21.7. The fourth-order valence-electron chi connectivity index (χ4n) is 9.69. The lowest BCUT2D eigenvalue weighted by Gasteiger charge is -2.11. The van der Waals surface area contributed by atoms with Gasteiger partial charge in [0.15, 0.2) is 11.6 Å². The number of hydrogen-bond acceptors (Lipinski definition) is 3. The van der Waals surface area contributed by atoms with Crippen molar-refractivity contribution >= 4 is 65.2 Å². The first kappa shape index (κ1) is 36.0. The Morgan fingerprint density at radius 2 is 0.703 bits per heavy atom. The molecular formula is C59H37N5. The Labute approximate surface area is 368 Å². The van der Waals surface area contributed by atoms with Crippen LogP contribution < -0.4 is 0 Å².